The van der Waals surface area contributed by atoms with Crippen LogP contribution in [-0.4, -0.2) is 51.0 Å². The predicted octanol–water partition coefficient (Wildman–Crippen LogP) is 4.11. The van der Waals surface area contributed by atoms with E-state index in [4.69, 9.17) is 0 Å². The molecule has 3 rings (SSSR count). The first-order chi connectivity index (χ1) is 15.7. The van der Waals surface area contributed by atoms with Crippen molar-refractivity contribution in [3.8, 4) is 0 Å². The smallest absolute Gasteiger partial charge is 0.255 e. The Morgan fingerprint density at radius 3 is 2.39 bits per heavy atom. The average Bonchev–Trinajstić information content (AvgIpc) is 2.79. The zero-order chi connectivity index (χ0) is 24.0. The van der Waals surface area contributed by atoms with Crippen LogP contribution in [0.1, 0.15) is 53.6 Å². The van der Waals surface area contributed by atoms with E-state index in [-0.39, 0.29) is 24.8 Å². The number of carbonyl (C=O) groups excluding carboxylic acids is 2. The third-order valence-corrected chi connectivity index (χ3v) is 7.26. The Balaban J connectivity index is 1.64. The van der Waals surface area contributed by atoms with Crippen LogP contribution in [0, 0.1) is 13.8 Å². The van der Waals surface area contributed by atoms with Crippen LogP contribution in [0.5, 0.6) is 0 Å². The molecule has 2 amide bonds. The summed E-state index contributed by atoms with van der Waals surface area (Å²) in [6.45, 7) is 5.51. The SMILES string of the molecule is Cc1cccc(N(CCCC(=O)Nc2ccccc2C(=O)N2CCCCC2)S(C)(=O)=O)c1C. The summed E-state index contributed by atoms with van der Waals surface area (Å²) in [5.74, 6) is -0.313. The normalized spacial score (nSPS) is 14.1. The van der Waals surface area contributed by atoms with E-state index < -0.39 is 10.0 Å². The summed E-state index contributed by atoms with van der Waals surface area (Å²) >= 11 is 0. The highest BCUT2D eigenvalue weighted by molar-refractivity contribution is 7.92. The molecule has 178 valence electrons. The number of benzene rings is 2. The summed E-state index contributed by atoms with van der Waals surface area (Å²) in [6.07, 6.45) is 4.80. The molecule has 7 nitrogen and oxygen atoms in total. The molecule has 0 saturated carbocycles. The van der Waals surface area contributed by atoms with E-state index in [0.29, 0.717) is 23.4 Å². The Bertz CT molecular complexity index is 1110. The number of hydrogen-bond acceptors (Lipinski definition) is 4. The quantitative estimate of drug-likeness (QED) is 0.628. The number of nitrogens with one attached hydrogen (secondary N) is 1. The van der Waals surface area contributed by atoms with Gasteiger partial charge in [0.2, 0.25) is 15.9 Å². The Hall–Kier alpha value is -2.87. The van der Waals surface area contributed by atoms with Crippen molar-refractivity contribution in [1.29, 1.82) is 0 Å². The summed E-state index contributed by atoms with van der Waals surface area (Å²) in [5, 5.41) is 2.85. The third-order valence-electron chi connectivity index (χ3n) is 6.08. The number of likely N-dealkylation sites (tertiary alicyclic amines) is 1. The van der Waals surface area contributed by atoms with Gasteiger partial charge in [0.25, 0.3) is 5.91 Å². The van der Waals surface area contributed by atoms with Crippen molar-refractivity contribution in [2.24, 2.45) is 0 Å². The lowest BCUT2D eigenvalue weighted by Crippen LogP contribution is -2.36. The molecule has 2 aromatic rings. The summed E-state index contributed by atoms with van der Waals surface area (Å²) in [5.41, 5.74) is 3.52. The molecule has 0 spiro atoms. The molecule has 1 saturated heterocycles. The largest absolute Gasteiger partial charge is 0.339 e. The fourth-order valence-electron chi connectivity index (χ4n) is 4.11. The number of anilines is 2. The third kappa shape index (κ3) is 6.35. The highest BCUT2D eigenvalue weighted by atomic mass is 32.2. The van der Waals surface area contributed by atoms with Crippen molar-refractivity contribution < 1.29 is 18.0 Å². The average molecular weight is 472 g/mol. The van der Waals surface area contributed by atoms with Crippen molar-refractivity contribution in [1.82, 2.24) is 4.90 Å². The van der Waals surface area contributed by atoms with E-state index in [1.807, 2.05) is 30.9 Å². The van der Waals surface area contributed by atoms with Gasteiger partial charge in [-0.25, -0.2) is 8.42 Å². The van der Waals surface area contributed by atoms with Crippen molar-refractivity contribution in [2.75, 3.05) is 35.5 Å². The van der Waals surface area contributed by atoms with Gasteiger partial charge in [-0.3, -0.25) is 13.9 Å². The lowest BCUT2D eigenvalue weighted by atomic mass is 10.1. The second kappa shape index (κ2) is 10.8. The Morgan fingerprint density at radius 2 is 1.70 bits per heavy atom. The minimum absolute atomic E-state index is 0.0659. The summed E-state index contributed by atoms with van der Waals surface area (Å²) in [7, 11) is -3.49. The van der Waals surface area contributed by atoms with Gasteiger partial charge in [-0.1, -0.05) is 24.3 Å². The molecule has 0 aromatic heterocycles. The Morgan fingerprint density at radius 1 is 1.00 bits per heavy atom. The molecule has 0 bridgehead atoms. The molecule has 1 fully saturated rings. The van der Waals surface area contributed by atoms with Crippen LogP contribution >= 0.6 is 0 Å². The number of piperidine rings is 1. The first kappa shape index (κ1) is 24.8. The minimum atomic E-state index is -3.49. The number of sulfonamides is 1. The second-order valence-corrected chi connectivity index (χ2v) is 10.5. The number of rotatable bonds is 8. The zero-order valence-corrected chi connectivity index (χ0v) is 20.5. The first-order valence-corrected chi connectivity index (χ1v) is 13.3. The topological polar surface area (TPSA) is 86.8 Å². The van der Waals surface area contributed by atoms with Crippen LogP contribution in [0.4, 0.5) is 11.4 Å². The number of amides is 2. The maximum Gasteiger partial charge on any atom is 0.255 e. The van der Waals surface area contributed by atoms with Gasteiger partial charge in [-0.15, -0.1) is 0 Å². The molecule has 0 unspecified atom stereocenters. The van der Waals surface area contributed by atoms with Gasteiger partial charge >= 0.3 is 0 Å². The zero-order valence-electron chi connectivity index (χ0n) is 19.6. The van der Waals surface area contributed by atoms with Gasteiger partial charge in [0.1, 0.15) is 0 Å². The molecule has 1 heterocycles. The van der Waals surface area contributed by atoms with Gasteiger partial charge in [0.15, 0.2) is 0 Å². The Kier molecular flexibility index (Phi) is 8.13. The molecule has 0 radical (unpaired) electrons. The molecule has 8 heteroatoms. The van der Waals surface area contributed by atoms with E-state index in [2.05, 4.69) is 5.32 Å². The minimum Gasteiger partial charge on any atom is -0.339 e. The van der Waals surface area contributed by atoms with Crippen LogP contribution in [0.15, 0.2) is 42.5 Å². The molecule has 1 N–H and O–H groups in total. The van der Waals surface area contributed by atoms with Gasteiger partial charge in [-0.05, 0) is 68.9 Å². The van der Waals surface area contributed by atoms with E-state index >= 15 is 0 Å². The predicted molar refractivity (Wildman–Crippen MR) is 132 cm³/mol. The van der Waals surface area contributed by atoms with Crippen molar-refractivity contribution in [3.63, 3.8) is 0 Å². The van der Waals surface area contributed by atoms with Crippen LogP contribution in [0.3, 0.4) is 0 Å². The number of aryl methyl sites for hydroxylation is 1. The van der Waals surface area contributed by atoms with Gasteiger partial charge < -0.3 is 10.2 Å². The standard InChI is InChI=1S/C25H33N3O4S/c1-19-11-9-14-23(20(19)2)28(33(3,31)32)18-10-15-24(29)26-22-13-6-5-12-21(22)25(30)27-16-7-4-8-17-27/h5-6,9,11-14H,4,7-8,10,15-18H2,1-3H3,(H,26,29). The van der Waals surface area contributed by atoms with E-state index in [1.54, 1.807) is 30.3 Å². The molecular formula is C25H33N3O4S. The number of hydrogen-bond donors (Lipinski definition) is 1. The van der Waals surface area contributed by atoms with Crippen molar-refractivity contribution >= 4 is 33.2 Å². The van der Waals surface area contributed by atoms with E-state index in [9.17, 15) is 18.0 Å². The van der Waals surface area contributed by atoms with Crippen LogP contribution in [-0.2, 0) is 14.8 Å². The summed E-state index contributed by atoms with van der Waals surface area (Å²) < 4.78 is 26.2. The molecule has 2 aromatic carbocycles. The fraction of sp³-hybridized carbons (Fsp3) is 0.440. The molecule has 1 aliphatic heterocycles. The molecule has 0 aliphatic carbocycles. The van der Waals surface area contributed by atoms with Gasteiger partial charge in [-0.2, -0.15) is 0 Å². The van der Waals surface area contributed by atoms with Crippen molar-refractivity contribution in [2.45, 2.75) is 46.0 Å². The number of para-hydroxylation sites is 1. The highest BCUT2D eigenvalue weighted by Gasteiger charge is 2.22. The van der Waals surface area contributed by atoms with E-state index in [0.717, 1.165) is 43.5 Å². The maximum absolute atomic E-state index is 12.9. The number of nitrogens with zero attached hydrogens (tertiary/aromatic N) is 2. The summed E-state index contributed by atoms with van der Waals surface area (Å²) in [4.78, 5) is 27.4. The van der Waals surface area contributed by atoms with Crippen LogP contribution in [0.25, 0.3) is 0 Å². The molecular weight excluding hydrogens is 438 g/mol. The lowest BCUT2D eigenvalue weighted by Gasteiger charge is -2.27. The van der Waals surface area contributed by atoms with Crippen molar-refractivity contribution in [3.05, 3.63) is 59.2 Å². The first-order valence-electron chi connectivity index (χ1n) is 11.4. The van der Waals surface area contributed by atoms with Gasteiger partial charge in [0.05, 0.1) is 23.2 Å². The second-order valence-electron chi connectivity index (χ2n) is 8.60. The lowest BCUT2D eigenvalue weighted by molar-refractivity contribution is -0.116. The van der Waals surface area contributed by atoms with Crippen LogP contribution < -0.4 is 9.62 Å². The van der Waals surface area contributed by atoms with E-state index in [1.165, 1.54) is 10.6 Å². The highest BCUT2D eigenvalue weighted by Crippen LogP contribution is 2.25. The monoisotopic (exact) mass is 471 g/mol. The van der Waals surface area contributed by atoms with Crippen LogP contribution in [0.2, 0.25) is 0 Å². The Labute approximate surface area is 196 Å². The molecule has 33 heavy (non-hydrogen) atoms. The molecule has 0 atom stereocenters. The number of carbonyl (C=O) groups is 2. The summed E-state index contributed by atoms with van der Waals surface area (Å²) in [6, 6.07) is 12.6. The maximum atomic E-state index is 12.9. The van der Waals surface area contributed by atoms with Gasteiger partial charge in [0, 0.05) is 26.1 Å². The molecule has 1 aliphatic rings. The fourth-order valence-corrected chi connectivity index (χ4v) is 5.13.